The molecular weight excluding hydrogens is 322 g/mol. The minimum absolute atomic E-state index is 0. The summed E-state index contributed by atoms with van der Waals surface area (Å²) in [5, 5.41) is 19.9. The van der Waals surface area contributed by atoms with Gasteiger partial charge in [-0.15, -0.1) is 0 Å². The molecular formula is C23H43NO2. The minimum atomic E-state index is -0.460. The highest BCUT2D eigenvalue weighted by molar-refractivity contribution is 5.21. The van der Waals surface area contributed by atoms with Crippen molar-refractivity contribution in [1.82, 2.24) is 6.15 Å². The molecule has 3 saturated carbocycles. The van der Waals surface area contributed by atoms with Crippen LogP contribution in [0.4, 0.5) is 0 Å². The van der Waals surface area contributed by atoms with Gasteiger partial charge in [0.05, 0.1) is 5.60 Å². The van der Waals surface area contributed by atoms with E-state index in [0.717, 1.165) is 48.9 Å². The highest BCUT2D eigenvalue weighted by atomic mass is 16.3. The van der Waals surface area contributed by atoms with Gasteiger partial charge >= 0.3 is 0 Å². The maximum Gasteiger partial charge on any atom is 0.0657 e. The maximum atomic E-state index is 10.4. The quantitative estimate of drug-likeness (QED) is 0.566. The molecule has 0 amide bonds. The SMILES string of the molecule is CC.CC12CCC3C4CC[C@](C)(O)CC4=CCC3C1CCC2CCO.N. The van der Waals surface area contributed by atoms with Gasteiger partial charge in [0, 0.05) is 6.61 Å². The summed E-state index contributed by atoms with van der Waals surface area (Å²) in [5.74, 6) is 4.12. The summed E-state index contributed by atoms with van der Waals surface area (Å²) in [5.41, 5.74) is 1.60. The van der Waals surface area contributed by atoms with Crippen LogP contribution in [0.3, 0.4) is 0 Å². The third-order valence-corrected chi connectivity index (χ3v) is 8.39. The Labute approximate surface area is 161 Å². The first-order valence-electron chi connectivity index (χ1n) is 11.0. The van der Waals surface area contributed by atoms with Crippen LogP contribution in [0, 0.1) is 35.0 Å². The van der Waals surface area contributed by atoms with Gasteiger partial charge in [0.1, 0.15) is 0 Å². The zero-order valence-electron chi connectivity index (χ0n) is 17.6. The second-order valence-electron chi connectivity index (χ2n) is 9.60. The lowest BCUT2D eigenvalue weighted by Gasteiger charge is -2.54. The Morgan fingerprint density at radius 1 is 1.04 bits per heavy atom. The molecule has 0 heterocycles. The molecule has 7 atom stereocenters. The van der Waals surface area contributed by atoms with Crippen molar-refractivity contribution in [1.29, 1.82) is 0 Å². The smallest absolute Gasteiger partial charge is 0.0657 e. The van der Waals surface area contributed by atoms with E-state index in [1.165, 1.54) is 38.5 Å². The molecule has 4 aliphatic rings. The van der Waals surface area contributed by atoms with Gasteiger partial charge in [-0.05, 0) is 99.7 Å². The molecule has 0 bridgehead atoms. The topological polar surface area (TPSA) is 75.5 Å². The van der Waals surface area contributed by atoms with Crippen LogP contribution in [0.25, 0.3) is 0 Å². The molecule has 4 aliphatic carbocycles. The van der Waals surface area contributed by atoms with Gasteiger partial charge in [0.2, 0.25) is 0 Å². The lowest BCUT2D eigenvalue weighted by molar-refractivity contribution is -0.0354. The zero-order valence-corrected chi connectivity index (χ0v) is 17.6. The van der Waals surface area contributed by atoms with E-state index in [1.54, 1.807) is 5.57 Å². The Bertz CT molecular complexity index is 500. The fourth-order valence-corrected chi connectivity index (χ4v) is 7.21. The van der Waals surface area contributed by atoms with E-state index in [4.69, 9.17) is 0 Å². The Morgan fingerprint density at radius 2 is 1.77 bits per heavy atom. The number of hydrogen-bond donors (Lipinski definition) is 3. The Kier molecular flexibility index (Phi) is 7.02. The maximum absolute atomic E-state index is 10.4. The van der Waals surface area contributed by atoms with Crippen molar-refractivity contribution < 1.29 is 10.2 Å². The Hall–Kier alpha value is -0.380. The van der Waals surface area contributed by atoms with Gasteiger partial charge in [-0.2, -0.15) is 0 Å². The minimum Gasteiger partial charge on any atom is -0.396 e. The molecule has 152 valence electrons. The fourth-order valence-electron chi connectivity index (χ4n) is 7.21. The van der Waals surface area contributed by atoms with Crippen molar-refractivity contribution in [2.24, 2.45) is 35.0 Å². The van der Waals surface area contributed by atoms with Crippen LogP contribution in [-0.4, -0.2) is 22.4 Å². The van der Waals surface area contributed by atoms with Gasteiger partial charge in [-0.3, -0.25) is 0 Å². The van der Waals surface area contributed by atoms with Crippen molar-refractivity contribution in [3.8, 4) is 0 Å². The molecule has 3 heteroatoms. The first-order chi connectivity index (χ1) is 11.9. The summed E-state index contributed by atoms with van der Waals surface area (Å²) in [6, 6.07) is 0. The highest BCUT2D eigenvalue weighted by Crippen LogP contribution is 2.64. The first kappa shape index (κ1) is 21.9. The van der Waals surface area contributed by atoms with E-state index in [1.807, 2.05) is 20.8 Å². The summed E-state index contributed by atoms with van der Waals surface area (Å²) in [6.45, 7) is 8.92. The van der Waals surface area contributed by atoms with Crippen LogP contribution in [-0.2, 0) is 0 Å². The molecule has 3 nitrogen and oxygen atoms in total. The van der Waals surface area contributed by atoms with Gasteiger partial charge < -0.3 is 16.4 Å². The molecule has 0 spiro atoms. The van der Waals surface area contributed by atoms with E-state index in [2.05, 4.69) is 13.0 Å². The number of hydrogen-bond acceptors (Lipinski definition) is 3. The van der Waals surface area contributed by atoms with Crippen LogP contribution in [0.2, 0.25) is 0 Å². The predicted molar refractivity (Wildman–Crippen MR) is 109 cm³/mol. The molecule has 0 aromatic heterocycles. The van der Waals surface area contributed by atoms with Crippen molar-refractivity contribution >= 4 is 0 Å². The predicted octanol–water partition coefficient (Wildman–Crippen LogP) is 5.50. The van der Waals surface area contributed by atoms with Crippen molar-refractivity contribution in [2.45, 2.75) is 91.1 Å². The van der Waals surface area contributed by atoms with Crippen LogP contribution >= 0.6 is 0 Å². The van der Waals surface area contributed by atoms with Crippen molar-refractivity contribution in [3.05, 3.63) is 11.6 Å². The van der Waals surface area contributed by atoms with Crippen LogP contribution in [0.15, 0.2) is 11.6 Å². The number of aliphatic hydroxyl groups is 2. The highest BCUT2D eigenvalue weighted by Gasteiger charge is 2.55. The molecule has 6 unspecified atom stereocenters. The van der Waals surface area contributed by atoms with Crippen molar-refractivity contribution in [2.75, 3.05) is 6.61 Å². The molecule has 0 saturated heterocycles. The lowest BCUT2D eigenvalue weighted by Crippen LogP contribution is -2.47. The molecule has 0 radical (unpaired) electrons. The lowest BCUT2D eigenvalue weighted by atomic mass is 9.51. The average Bonchev–Trinajstić information content (AvgIpc) is 2.92. The van der Waals surface area contributed by atoms with Crippen LogP contribution < -0.4 is 6.15 Å². The summed E-state index contributed by atoms with van der Waals surface area (Å²) in [4.78, 5) is 0. The van der Waals surface area contributed by atoms with E-state index in [9.17, 15) is 10.2 Å². The van der Waals surface area contributed by atoms with Gasteiger partial charge in [-0.1, -0.05) is 32.4 Å². The summed E-state index contributed by atoms with van der Waals surface area (Å²) >= 11 is 0. The Balaban J connectivity index is 0.000000784. The molecule has 0 aromatic carbocycles. The molecule has 4 rings (SSSR count). The average molecular weight is 366 g/mol. The van der Waals surface area contributed by atoms with E-state index in [0.29, 0.717) is 12.0 Å². The number of aliphatic hydroxyl groups excluding tert-OH is 1. The second kappa shape index (κ2) is 8.32. The van der Waals surface area contributed by atoms with Gasteiger partial charge in [0.25, 0.3) is 0 Å². The third kappa shape index (κ3) is 3.64. The third-order valence-electron chi connectivity index (χ3n) is 8.39. The second-order valence-corrected chi connectivity index (χ2v) is 9.60. The molecule has 0 aromatic rings. The summed E-state index contributed by atoms with van der Waals surface area (Å²) in [7, 11) is 0. The summed E-state index contributed by atoms with van der Waals surface area (Å²) < 4.78 is 0. The molecule has 3 fully saturated rings. The van der Waals surface area contributed by atoms with Crippen LogP contribution in [0.1, 0.15) is 85.5 Å². The van der Waals surface area contributed by atoms with E-state index >= 15 is 0 Å². The largest absolute Gasteiger partial charge is 0.396 e. The van der Waals surface area contributed by atoms with Gasteiger partial charge in [-0.25, -0.2) is 0 Å². The summed E-state index contributed by atoms with van der Waals surface area (Å²) in [6.07, 6.45) is 13.3. The number of fused-ring (bicyclic) bond motifs is 5. The normalized spacial score (nSPS) is 46.5. The molecule has 5 N–H and O–H groups in total. The number of rotatable bonds is 2. The van der Waals surface area contributed by atoms with Crippen LogP contribution in [0.5, 0.6) is 0 Å². The standard InChI is InChI=1S/C21H34O2.C2H6.H3N/c1-20(23)10-7-16-14(13-20)3-5-18-17(16)8-11-21(2)15(9-12-22)4-6-19(18)21;1-2;/h3,15-19,22-23H,4-13H2,1-2H3;1-2H3;1H3/t15?,16?,17?,18?,19?,20-,21?;;/m0../s1. The Morgan fingerprint density at radius 3 is 2.46 bits per heavy atom. The zero-order chi connectivity index (χ0) is 18.2. The molecule has 26 heavy (non-hydrogen) atoms. The fraction of sp³-hybridized carbons (Fsp3) is 0.913. The molecule has 0 aliphatic heterocycles. The van der Waals surface area contributed by atoms with Crippen molar-refractivity contribution in [3.63, 3.8) is 0 Å². The van der Waals surface area contributed by atoms with Gasteiger partial charge in [0.15, 0.2) is 0 Å². The monoisotopic (exact) mass is 365 g/mol. The van der Waals surface area contributed by atoms with E-state index in [-0.39, 0.29) is 6.15 Å². The van der Waals surface area contributed by atoms with E-state index < -0.39 is 5.60 Å². The first-order valence-corrected chi connectivity index (χ1v) is 11.0. The number of allylic oxidation sites excluding steroid dienone is 1.